The van der Waals surface area contributed by atoms with E-state index in [9.17, 15) is 14.0 Å². The van der Waals surface area contributed by atoms with Crippen molar-refractivity contribution in [1.29, 1.82) is 0 Å². The van der Waals surface area contributed by atoms with Crippen molar-refractivity contribution in [2.24, 2.45) is 0 Å². The molecule has 5 nitrogen and oxygen atoms in total. The van der Waals surface area contributed by atoms with Gasteiger partial charge >= 0.3 is 5.97 Å². The highest BCUT2D eigenvalue weighted by molar-refractivity contribution is 5.94. The van der Waals surface area contributed by atoms with E-state index in [-0.39, 0.29) is 5.56 Å². The zero-order valence-electron chi connectivity index (χ0n) is 9.11. The normalized spacial score (nSPS) is 11.9. The summed E-state index contributed by atoms with van der Waals surface area (Å²) in [4.78, 5) is 21.7. The van der Waals surface area contributed by atoms with Gasteiger partial charge in [-0.15, -0.1) is 0 Å². The predicted molar refractivity (Wildman–Crippen MR) is 57.1 cm³/mol. The van der Waals surface area contributed by atoms with E-state index in [1.807, 2.05) is 0 Å². The van der Waals surface area contributed by atoms with Crippen LogP contribution in [0.1, 0.15) is 15.9 Å². The SMILES string of the molecule is Cc1ccc(C(=O)NC[C@H](O)C(=O)O)c(F)c1. The summed E-state index contributed by atoms with van der Waals surface area (Å²) in [5, 5.41) is 19.4. The van der Waals surface area contributed by atoms with E-state index in [2.05, 4.69) is 5.32 Å². The van der Waals surface area contributed by atoms with Crippen molar-refractivity contribution in [3.8, 4) is 0 Å². The highest BCUT2D eigenvalue weighted by Gasteiger charge is 2.16. The molecule has 0 saturated heterocycles. The van der Waals surface area contributed by atoms with Crippen molar-refractivity contribution in [2.75, 3.05) is 6.54 Å². The second-order valence-corrected chi connectivity index (χ2v) is 3.55. The van der Waals surface area contributed by atoms with Crippen LogP contribution in [0.4, 0.5) is 4.39 Å². The third-order valence-electron chi connectivity index (χ3n) is 2.11. The first-order valence-corrected chi connectivity index (χ1v) is 4.87. The van der Waals surface area contributed by atoms with Gasteiger partial charge in [0, 0.05) is 0 Å². The summed E-state index contributed by atoms with van der Waals surface area (Å²) in [6.45, 7) is 1.21. The Balaban J connectivity index is 2.67. The van der Waals surface area contributed by atoms with Crippen molar-refractivity contribution >= 4 is 11.9 Å². The Morgan fingerprint density at radius 3 is 2.65 bits per heavy atom. The molecular formula is C11H12FNO4. The van der Waals surface area contributed by atoms with Gasteiger partial charge in [0.15, 0.2) is 6.10 Å². The molecule has 0 aromatic heterocycles. The smallest absolute Gasteiger partial charge is 0.334 e. The summed E-state index contributed by atoms with van der Waals surface area (Å²) in [5.41, 5.74) is 0.484. The van der Waals surface area contributed by atoms with Crippen molar-refractivity contribution in [1.82, 2.24) is 5.32 Å². The molecule has 0 bridgehead atoms. The van der Waals surface area contributed by atoms with Gasteiger partial charge in [-0.2, -0.15) is 0 Å². The number of aliphatic hydroxyl groups excluding tert-OH is 1. The quantitative estimate of drug-likeness (QED) is 0.708. The summed E-state index contributed by atoms with van der Waals surface area (Å²) >= 11 is 0. The van der Waals surface area contributed by atoms with Crippen LogP contribution in [0.2, 0.25) is 0 Å². The number of aliphatic hydroxyl groups is 1. The first-order chi connectivity index (χ1) is 7.91. The molecule has 0 aliphatic rings. The fourth-order valence-electron chi connectivity index (χ4n) is 1.18. The highest BCUT2D eigenvalue weighted by Crippen LogP contribution is 2.09. The van der Waals surface area contributed by atoms with Gasteiger partial charge in [-0.05, 0) is 24.6 Å². The first kappa shape index (κ1) is 13.1. The average Bonchev–Trinajstić information content (AvgIpc) is 2.25. The van der Waals surface area contributed by atoms with Crippen LogP contribution in [0.5, 0.6) is 0 Å². The molecule has 0 fully saturated rings. The highest BCUT2D eigenvalue weighted by atomic mass is 19.1. The minimum Gasteiger partial charge on any atom is -0.479 e. The molecule has 6 heteroatoms. The van der Waals surface area contributed by atoms with Gasteiger partial charge in [-0.3, -0.25) is 4.79 Å². The second kappa shape index (κ2) is 5.40. The molecule has 0 aliphatic carbocycles. The first-order valence-electron chi connectivity index (χ1n) is 4.87. The van der Waals surface area contributed by atoms with E-state index in [4.69, 9.17) is 10.2 Å². The summed E-state index contributed by atoms with van der Waals surface area (Å²) in [6.07, 6.45) is -1.70. The predicted octanol–water partition coefficient (Wildman–Crippen LogP) is 0.309. The number of amides is 1. The van der Waals surface area contributed by atoms with Crippen LogP contribution in [-0.4, -0.2) is 34.7 Å². The fraction of sp³-hybridized carbons (Fsp3) is 0.273. The summed E-state index contributed by atoms with van der Waals surface area (Å²) in [7, 11) is 0. The molecule has 1 aromatic carbocycles. The largest absolute Gasteiger partial charge is 0.479 e. The third kappa shape index (κ3) is 3.53. The van der Waals surface area contributed by atoms with Crippen LogP contribution in [0.3, 0.4) is 0 Å². The number of aliphatic carboxylic acids is 1. The summed E-state index contributed by atoms with van der Waals surface area (Å²) in [5.74, 6) is -2.90. The molecule has 3 N–H and O–H groups in total. The van der Waals surface area contributed by atoms with Gasteiger partial charge in [-0.1, -0.05) is 6.07 Å². The van der Waals surface area contributed by atoms with Crippen LogP contribution in [0.25, 0.3) is 0 Å². The van der Waals surface area contributed by atoms with Gasteiger partial charge < -0.3 is 15.5 Å². The van der Waals surface area contributed by atoms with Crippen LogP contribution in [0, 0.1) is 12.7 Å². The Bertz CT molecular complexity index is 447. The van der Waals surface area contributed by atoms with Gasteiger partial charge in [0.25, 0.3) is 5.91 Å². The Labute approximate surface area is 96.9 Å². The number of hydrogen-bond donors (Lipinski definition) is 3. The number of halogens is 1. The van der Waals surface area contributed by atoms with E-state index in [0.717, 1.165) is 0 Å². The number of nitrogens with one attached hydrogen (secondary N) is 1. The number of carboxylic acids is 1. The Hall–Kier alpha value is -1.95. The lowest BCUT2D eigenvalue weighted by molar-refractivity contribution is -0.146. The lowest BCUT2D eigenvalue weighted by Gasteiger charge is -2.08. The molecule has 1 amide bonds. The van der Waals surface area contributed by atoms with Gasteiger partial charge in [0.2, 0.25) is 0 Å². The van der Waals surface area contributed by atoms with Crippen LogP contribution >= 0.6 is 0 Å². The number of carbonyl (C=O) groups excluding carboxylic acids is 1. The number of rotatable bonds is 4. The standard InChI is InChI=1S/C11H12FNO4/c1-6-2-3-7(8(12)4-6)10(15)13-5-9(14)11(16)17/h2-4,9,14H,5H2,1H3,(H,13,15)(H,16,17)/t9-/m0/s1. The molecule has 0 radical (unpaired) electrons. The molecule has 1 rings (SSSR count). The Morgan fingerprint density at radius 1 is 1.47 bits per heavy atom. The molecule has 0 spiro atoms. The van der Waals surface area contributed by atoms with Gasteiger partial charge in [0.1, 0.15) is 5.82 Å². The molecule has 0 saturated carbocycles. The lowest BCUT2D eigenvalue weighted by Crippen LogP contribution is -2.36. The zero-order chi connectivity index (χ0) is 13.0. The molecule has 1 atom stereocenters. The fourth-order valence-corrected chi connectivity index (χ4v) is 1.18. The second-order valence-electron chi connectivity index (χ2n) is 3.55. The molecule has 1 aromatic rings. The molecule has 0 unspecified atom stereocenters. The maximum atomic E-state index is 13.3. The average molecular weight is 241 g/mol. The van der Waals surface area contributed by atoms with E-state index >= 15 is 0 Å². The van der Waals surface area contributed by atoms with Crippen molar-refractivity contribution in [2.45, 2.75) is 13.0 Å². The molecule has 17 heavy (non-hydrogen) atoms. The Kier molecular flexibility index (Phi) is 4.17. The van der Waals surface area contributed by atoms with E-state index in [1.54, 1.807) is 13.0 Å². The Morgan fingerprint density at radius 2 is 2.12 bits per heavy atom. The van der Waals surface area contributed by atoms with Crippen LogP contribution in [-0.2, 0) is 4.79 Å². The summed E-state index contributed by atoms with van der Waals surface area (Å²) < 4.78 is 13.3. The monoisotopic (exact) mass is 241 g/mol. The summed E-state index contributed by atoms with van der Waals surface area (Å²) in [6, 6.07) is 4.06. The third-order valence-corrected chi connectivity index (χ3v) is 2.11. The minimum absolute atomic E-state index is 0.187. The number of aryl methyl sites for hydroxylation is 1. The van der Waals surface area contributed by atoms with E-state index in [0.29, 0.717) is 5.56 Å². The molecular weight excluding hydrogens is 229 g/mol. The number of benzene rings is 1. The number of carboxylic acid groups (broad SMARTS) is 1. The molecule has 0 aliphatic heterocycles. The van der Waals surface area contributed by atoms with E-state index in [1.165, 1.54) is 12.1 Å². The maximum Gasteiger partial charge on any atom is 0.334 e. The topological polar surface area (TPSA) is 86.6 Å². The van der Waals surface area contributed by atoms with Crippen molar-refractivity contribution in [3.05, 3.63) is 35.1 Å². The van der Waals surface area contributed by atoms with Crippen molar-refractivity contribution in [3.63, 3.8) is 0 Å². The van der Waals surface area contributed by atoms with E-state index < -0.39 is 30.3 Å². The van der Waals surface area contributed by atoms with Crippen LogP contribution in [0.15, 0.2) is 18.2 Å². The number of carbonyl (C=O) groups is 2. The van der Waals surface area contributed by atoms with Crippen molar-refractivity contribution < 1.29 is 24.2 Å². The van der Waals surface area contributed by atoms with Gasteiger partial charge in [0.05, 0.1) is 12.1 Å². The molecule has 92 valence electrons. The van der Waals surface area contributed by atoms with Gasteiger partial charge in [-0.25, -0.2) is 9.18 Å². The minimum atomic E-state index is -1.70. The number of hydrogen-bond acceptors (Lipinski definition) is 3. The molecule has 0 heterocycles. The lowest BCUT2D eigenvalue weighted by atomic mass is 10.1. The zero-order valence-corrected chi connectivity index (χ0v) is 9.11. The van der Waals surface area contributed by atoms with Crippen LogP contribution < -0.4 is 5.32 Å². The maximum absolute atomic E-state index is 13.3.